The summed E-state index contributed by atoms with van der Waals surface area (Å²) < 4.78 is 16.2. The van der Waals surface area contributed by atoms with Crippen LogP contribution in [0.4, 0.5) is 5.69 Å². The number of aliphatic hydroxyl groups excluding tert-OH is 2. The Morgan fingerprint density at radius 2 is 1.93 bits per heavy atom. The summed E-state index contributed by atoms with van der Waals surface area (Å²) in [6.07, 6.45) is -5.02. The van der Waals surface area contributed by atoms with E-state index in [-0.39, 0.29) is 11.4 Å². The summed E-state index contributed by atoms with van der Waals surface area (Å²) >= 11 is 0. The summed E-state index contributed by atoms with van der Waals surface area (Å²) in [7, 11) is 0. The lowest BCUT2D eigenvalue weighted by Crippen LogP contribution is -2.66. The lowest BCUT2D eigenvalue weighted by atomic mass is 9.96. The number of nitrogens with one attached hydrogen (secondary N) is 1. The summed E-state index contributed by atoms with van der Waals surface area (Å²) in [5.41, 5.74) is -0.147. The molecule has 1 amide bonds. The van der Waals surface area contributed by atoms with Gasteiger partial charge in [0.05, 0.1) is 11.5 Å². The molecule has 1 fully saturated rings. The topological polar surface area (TPSA) is 157 Å². The molecular formula is C16H20N2O9. The van der Waals surface area contributed by atoms with Gasteiger partial charge in [-0.3, -0.25) is 19.7 Å². The number of amides is 1. The highest BCUT2D eigenvalue weighted by Crippen LogP contribution is 2.27. The van der Waals surface area contributed by atoms with Gasteiger partial charge in [0, 0.05) is 26.0 Å². The Morgan fingerprint density at radius 1 is 1.30 bits per heavy atom. The van der Waals surface area contributed by atoms with Crippen molar-refractivity contribution in [3.05, 3.63) is 34.4 Å². The van der Waals surface area contributed by atoms with Crippen LogP contribution in [0.2, 0.25) is 0 Å². The Bertz CT molecular complexity index is 694. The fourth-order valence-electron chi connectivity index (χ4n) is 2.67. The number of non-ortho nitro benzene ring substituents is 1. The van der Waals surface area contributed by atoms with Crippen LogP contribution in [-0.4, -0.2) is 64.3 Å². The van der Waals surface area contributed by atoms with E-state index in [1.54, 1.807) is 0 Å². The summed E-state index contributed by atoms with van der Waals surface area (Å²) in [5, 5.41) is 32.9. The predicted octanol–water partition coefficient (Wildman–Crippen LogP) is -0.512. The van der Waals surface area contributed by atoms with Crippen molar-refractivity contribution in [2.45, 2.75) is 44.5 Å². The Balaban J connectivity index is 2.29. The number of hydrogen-bond acceptors (Lipinski definition) is 9. The molecule has 148 valence electrons. The van der Waals surface area contributed by atoms with Gasteiger partial charge in [0.1, 0.15) is 24.0 Å². The third kappa shape index (κ3) is 5.12. The first-order chi connectivity index (χ1) is 12.7. The van der Waals surface area contributed by atoms with Gasteiger partial charge in [0.15, 0.2) is 6.10 Å². The molecule has 2 rings (SSSR count). The lowest BCUT2D eigenvalue weighted by molar-refractivity contribution is -0.384. The largest absolute Gasteiger partial charge is 0.463 e. The third-order valence-corrected chi connectivity index (χ3v) is 3.83. The zero-order chi connectivity index (χ0) is 20.1. The van der Waals surface area contributed by atoms with Crippen LogP contribution < -0.4 is 10.1 Å². The number of esters is 1. The molecule has 5 atom stereocenters. The van der Waals surface area contributed by atoms with E-state index >= 15 is 0 Å². The van der Waals surface area contributed by atoms with Crippen LogP contribution in [0.3, 0.4) is 0 Å². The molecule has 0 unspecified atom stereocenters. The van der Waals surface area contributed by atoms with Crippen molar-refractivity contribution < 1.29 is 38.9 Å². The second-order valence-corrected chi connectivity index (χ2v) is 5.89. The Kier molecular flexibility index (Phi) is 6.66. The number of rotatable bonds is 6. The summed E-state index contributed by atoms with van der Waals surface area (Å²) in [4.78, 5) is 33.1. The van der Waals surface area contributed by atoms with E-state index in [4.69, 9.17) is 14.2 Å². The third-order valence-electron chi connectivity index (χ3n) is 3.83. The first kappa shape index (κ1) is 20.6. The van der Waals surface area contributed by atoms with Crippen molar-refractivity contribution in [3.63, 3.8) is 0 Å². The van der Waals surface area contributed by atoms with Crippen molar-refractivity contribution >= 4 is 17.6 Å². The van der Waals surface area contributed by atoms with Gasteiger partial charge in [0.2, 0.25) is 12.2 Å². The van der Waals surface area contributed by atoms with Crippen molar-refractivity contribution in [2.75, 3.05) is 6.61 Å². The number of aliphatic hydroxyl groups is 2. The van der Waals surface area contributed by atoms with Crippen molar-refractivity contribution in [1.29, 1.82) is 0 Å². The van der Waals surface area contributed by atoms with E-state index in [0.717, 1.165) is 6.92 Å². The summed E-state index contributed by atoms with van der Waals surface area (Å²) in [6.45, 7) is 1.76. The molecule has 0 radical (unpaired) electrons. The first-order valence-electron chi connectivity index (χ1n) is 8.02. The van der Waals surface area contributed by atoms with Gasteiger partial charge in [0.25, 0.3) is 5.69 Å². The highest BCUT2D eigenvalue weighted by Gasteiger charge is 2.48. The number of carbonyl (C=O) groups excluding carboxylic acids is 2. The van der Waals surface area contributed by atoms with E-state index in [9.17, 15) is 29.9 Å². The minimum atomic E-state index is -1.41. The van der Waals surface area contributed by atoms with Gasteiger partial charge in [-0.25, -0.2) is 0 Å². The fourth-order valence-corrected chi connectivity index (χ4v) is 2.67. The van der Waals surface area contributed by atoms with Gasteiger partial charge in [-0.05, 0) is 12.1 Å². The van der Waals surface area contributed by atoms with Crippen molar-refractivity contribution in [3.8, 4) is 5.75 Å². The molecule has 3 N–H and O–H groups in total. The fraction of sp³-hybridized carbons (Fsp3) is 0.500. The number of nitro benzene ring substituents is 1. The average Bonchev–Trinajstić information content (AvgIpc) is 2.60. The highest BCUT2D eigenvalue weighted by atomic mass is 16.7. The van der Waals surface area contributed by atoms with Crippen molar-refractivity contribution in [1.82, 2.24) is 5.32 Å². The van der Waals surface area contributed by atoms with Crippen LogP contribution in [0.15, 0.2) is 24.3 Å². The molecule has 1 aromatic rings. The van der Waals surface area contributed by atoms with Gasteiger partial charge >= 0.3 is 5.97 Å². The summed E-state index contributed by atoms with van der Waals surface area (Å²) in [6, 6.07) is 4.00. The normalized spacial score (nSPS) is 27.5. The van der Waals surface area contributed by atoms with E-state index in [1.165, 1.54) is 31.2 Å². The summed E-state index contributed by atoms with van der Waals surface area (Å²) in [5.74, 6) is -1.02. The average molecular weight is 384 g/mol. The molecule has 1 aliphatic heterocycles. The SMILES string of the molecule is CC(=O)N[C@@H]1[C@H](Oc2ccc([N+](=O)[O-])cc2)O[C@@H](CO)[C@H](O)[C@H]1OC(C)=O. The molecule has 11 heteroatoms. The van der Waals surface area contributed by atoms with Gasteiger partial charge < -0.3 is 29.7 Å². The van der Waals surface area contributed by atoms with Crippen LogP contribution in [0.1, 0.15) is 13.8 Å². The second kappa shape index (κ2) is 8.75. The highest BCUT2D eigenvalue weighted by molar-refractivity contribution is 5.73. The van der Waals surface area contributed by atoms with E-state index in [2.05, 4.69) is 5.32 Å². The maximum atomic E-state index is 11.5. The molecule has 1 heterocycles. The Labute approximate surface area is 154 Å². The van der Waals surface area contributed by atoms with E-state index in [0.29, 0.717) is 0 Å². The molecule has 1 aliphatic rings. The predicted molar refractivity (Wildman–Crippen MR) is 88.6 cm³/mol. The van der Waals surface area contributed by atoms with E-state index in [1.807, 2.05) is 0 Å². The molecule has 27 heavy (non-hydrogen) atoms. The van der Waals surface area contributed by atoms with Gasteiger partial charge in [-0.2, -0.15) is 0 Å². The van der Waals surface area contributed by atoms with Crippen LogP contribution >= 0.6 is 0 Å². The minimum Gasteiger partial charge on any atom is -0.463 e. The smallest absolute Gasteiger partial charge is 0.303 e. The molecule has 11 nitrogen and oxygen atoms in total. The molecule has 0 aromatic heterocycles. The van der Waals surface area contributed by atoms with Crippen LogP contribution in [0.25, 0.3) is 0 Å². The number of ether oxygens (including phenoxy) is 3. The number of nitro groups is 1. The van der Waals surface area contributed by atoms with Gasteiger partial charge in [-0.1, -0.05) is 0 Å². The van der Waals surface area contributed by atoms with Crippen LogP contribution in [0, 0.1) is 10.1 Å². The molecule has 0 spiro atoms. The van der Waals surface area contributed by atoms with Gasteiger partial charge in [-0.15, -0.1) is 0 Å². The number of carbonyl (C=O) groups is 2. The molecule has 1 saturated heterocycles. The maximum Gasteiger partial charge on any atom is 0.303 e. The monoisotopic (exact) mass is 384 g/mol. The number of benzene rings is 1. The minimum absolute atomic E-state index is 0.147. The quantitative estimate of drug-likeness (QED) is 0.334. The maximum absolute atomic E-state index is 11.5. The molecule has 0 saturated carbocycles. The van der Waals surface area contributed by atoms with Crippen LogP contribution in [0.5, 0.6) is 5.75 Å². The van der Waals surface area contributed by atoms with Crippen LogP contribution in [-0.2, 0) is 19.1 Å². The number of nitrogens with zero attached hydrogens (tertiary/aromatic N) is 1. The molecular weight excluding hydrogens is 364 g/mol. The Morgan fingerprint density at radius 3 is 2.41 bits per heavy atom. The Hall–Kier alpha value is -2.76. The first-order valence-corrected chi connectivity index (χ1v) is 8.02. The standard InChI is InChI=1S/C16H20N2O9/c1-8(20)17-13-15(25-9(2)21)14(22)12(7-19)27-16(13)26-11-5-3-10(4-6-11)18(23)24/h3-6,12-16,19,22H,7H2,1-2H3,(H,17,20)/t12-,13-,14-,15-,16+/m0/s1. The van der Waals surface area contributed by atoms with E-state index < -0.39 is 54.1 Å². The zero-order valence-electron chi connectivity index (χ0n) is 14.6. The molecule has 1 aromatic carbocycles. The molecule has 0 bridgehead atoms. The zero-order valence-corrected chi connectivity index (χ0v) is 14.6. The molecule has 0 aliphatic carbocycles. The van der Waals surface area contributed by atoms with Crippen molar-refractivity contribution in [2.24, 2.45) is 0 Å². The second-order valence-electron chi connectivity index (χ2n) is 5.89. The lowest BCUT2D eigenvalue weighted by Gasteiger charge is -2.43. The number of hydrogen-bond donors (Lipinski definition) is 3.